The minimum Gasteiger partial charge on any atom is -0.437 e. The Kier molecular flexibility index (Phi) is 9.45. The molecular formula is C31H39N7O6. The predicted molar refractivity (Wildman–Crippen MR) is 165 cm³/mol. The number of fused-ring (bicyclic) bond motifs is 14. The number of aryl methyl sites for hydroxylation is 1. The number of amides is 4. The number of nitrogens with one attached hydrogen (secondary N) is 3. The zero-order chi connectivity index (χ0) is 31.3. The number of benzene rings is 1. The average molecular weight is 606 g/mol. The Morgan fingerprint density at radius 1 is 1.11 bits per heavy atom. The van der Waals surface area contributed by atoms with Gasteiger partial charge in [-0.25, -0.2) is 14.6 Å². The Hall–Kier alpha value is -4.49. The van der Waals surface area contributed by atoms with E-state index in [1.165, 1.54) is 6.21 Å². The third-order valence-corrected chi connectivity index (χ3v) is 8.28. The van der Waals surface area contributed by atoms with Crippen LogP contribution in [0.5, 0.6) is 0 Å². The highest BCUT2D eigenvalue weighted by Crippen LogP contribution is 2.43. The van der Waals surface area contributed by atoms with Crippen LogP contribution in [0, 0.1) is 12.3 Å². The number of aromatic nitrogens is 1. The maximum absolute atomic E-state index is 13.7. The number of urea groups is 1. The fourth-order valence-corrected chi connectivity index (χ4v) is 5.77. The maximum Gasteiger partial charge on any atom is 0.413 e. The molecule has 13 nitrogen and oxygen atoms in total. The molecule has 4 aliphatic heterocycles. The van der Waals surface area contributed by atoms with E-state index in [4.69, 9.17) is 25.4 Å². The predicted octanol–water partition coefficient (Wildman–Crippen LogP) is 2.66. The zero-order valence-corrected chi connectivity index (χ0v) is 25.1. The number of pyridine rings is 1. The van der Waals surface area contributed by atoms with E-state index in [0.717, 1.165) is 22.3 Å². The topological polar surface area (TPSA) is 172 Å². The van der Waals surface area contributed by atoms with Crippen molar-refractivity contribution in [3.05, 3.63) is 58.3 Å². The van der Waals surface area contributed by atoms with Crippen molar-refractivity contribution < 1.29 is 28.6 Å². The zero-order valence-electron chi connectivity index (χ0n) is 25.1. The molecule has 1 saturated heterocycles. The normalized spacial score (nSPS) is 24.0. The Balaban J connectivity index is 1.40. The molecule has 0 radical (unpaired) electrons. The molecule has 0 aliphatic carbocycles. The van der Waals surface area contributed by atoms with E-state index >= 15 is 0 Å². The first kappa shape index (κ1) is 31.0. The molecule has 0 unspecified atom stereocenters. The first-order chi connectivity index (χ1) is 21.2. The molecule has 5 N–H and O–H groups in total. The van der Waals surface area contributed by atoms with Crippen molar-refractivity contribution in [1.29, 1.82) is 5.41 Å². The van der Waals surface area contributed by atoms with E-state index < -0.39 is 17.7 Å². The van der Waals surface area contributed by atoms with Gasteiger partial charge in [0.15, 0.2) is 0 Å². The standard InChI is InChI=1S/C31H39N7O6/c1-20-14-22(15-23(18-32)26(20)33)17-25-28(39)37(2)9-11-43-13-12-42-10-3-4-21-16-24-27(34-19-21)36-30(41)44-31(24)5-7-38(8-6-31)29(40)35-25/h3-4,14-16,18-19,25,32H,5-13,17,33H2,1-2H3,(H,35,40)(H,34,36,41)/b4-3+,32-18?/t25-/m1/s1. The van der Waals surface area contributed by atoms with Crippen molar-refractivity contribution in [2.24, 2.45) is 0 Å². The van der Waals surface area contributed by atoms with Gasteiger partial charge >= 0.3 is 12.1 Å². The van der Waals surface area contributed by atoms with Crippen molar-refractivity contribution in [2.45, 2.75) is 37.8 Å². The summed E-state index contributed by atoms with van der Waals surface area (Å²) in [5.41, 5.74) is 9.40. The summed E-state index contributed by atoms with van der Waals surface area (Å²) in [6.07, 6.45) is 7.01. The van der Waals surface area contributed by atoms with Gasteiger partial charge in [0.1, 0.15) is 17.5 Å². The summed E-state index contributed by atoms with van der Waals surface area (Å²) in [6.45, 7) is 4.21. The molecule has 5 heterocycles. The molecule has 4 bridgehead atoms. The van der Waals surface area contributed by atoms with Crippen LogP contribution in [-0.2, 0) is 31.0 Å². The number of carbonyl (C=O) groups excluding carboxylic acids is 3. The van der Waals surface area contributed by atoms with Crippen LogP contribution in [0.25, 0.3) is 6.08 Å². The molecule has 2 aromatic rings. The fraction of sp³-hybridized carbons (Fsp3) is 0.452. The molecule has 4 aliphatic rings. The summed E-state index contributed by atoms with van der Waals surface area (Å²) < 4.78 is 17.2. The molecule has 0 saturated carbocycles. The highest BCUT2D eigenvalue weighted by atomic mass is 16.6. The van der Waals surface area contributed by atoms with Crippen molar-refractivity contribution in [3.63, 3.8) is 0 Å². The number of piperidine rings is 1. The monoisotopic (exact) mass is 605 g/mol. The fourth-order valence-electron chi connectivity index (χ4n) is 5.77. The Labute approximate surface area is 256 Å². The smallest absolute Gasteiger partial charge is 0.413 e. The van der Waals surface area contributed by atoms with Crippen LogP contribution in [0.15, 0.2) is 30.5 Å². The lowest BCUT2D eigenvalue weighted by molar-refractivity contribution is -0.132. The third kappa shape index (κ3) is 6.84. The van der Waals surface area contributed by atoms with Crippen molar-refractivity contribution in [3.8, 4) is 0 Å². The second-order valence-corrected chi connectivity index (χ2v) is 11.3. The van der Waals surface area contributed by atoms with Crippen LogP contribution in [0.3, 0.4) is 0 Å². The third-order valence-electron chi connectivity index (χ3n) is 8.28. The van der Waals surface area contributed by atoms with Gasteiger partial charge in [0, 0.05) is 75.2 Å². The molecule has 1 aromatic carbocycles. The number of nitrogens with two attached hydrogens (primary N) is 1. The number of carbonyl (C=O) groups is 3. The van der Waals surface area contributed by atoms with Crippen LogP contribution in [0.2, 0.25) is 0 Å². The van der Waals surface area contributed by atoms with Gasteiger partial charge in [-0.2, -0.15) is 0 Å². The van der Waals surface area contributed by atoms with Crippen LogP contribution >= 0.6 is 0 Å². The number of nitrogen functional groups attached to an aromatic ring is 1. The van der Waals surface area contributed by atoms with Crippen LogP contribution < -0.4 is 16.4 Å². The Morgan fingerprint density at radius 2 is 1.89 bits per heavy atom. The lowest BCUT2D eigenvalue weighted by Crippen LogP contribution is -2.56. The Morgan fingerprint density at radius 3 is 2.66 bits per heavy atom. The van der Waals surface area contributed by atoms with Gasteiger partial charge in [-0.15, -0.1) is 0 Å². The maximum atomic E-state index is 13.7. The molecule has 4 amide bonds. The van der Waals surface area contributed by atoms with Crippen molar-refractivity contribution in [1.82, 2.24) is 20.1 Å². The molecule has 1 fully saturated rings. The van der Waals surface area contributed by atoms with E-state index in [1.54, 1.807) is 29.1 Å². The molecule has 1 spiro atoms. The van der Waals surface area contributed by atoms with Crippen molar-refractivity contribution in [2.75, 3.05) is 64.2 Å². The summed E-state index contributed by atoms with van der Waals surface area (Å²) in [7, 11) is 1.68. The average Bonchev–Trinajstić information content (AvgIpc) is 3.01. The Bertz CT molecular complexity index is 1450. The van der Waals surface area contributed by atoms with Crippen LogP contribution in [-0.4, -0.2) is 98.2 Å². The SMILES string of the molecule is Cc1cc(C[C@H]2NC(=O)N3CCC4(CC3)OC(=O)Nc3ncc(cc34)/C=C/COCCOCCN(C)C2=O)cc(C=N)c1N. The van der Waals surface area contributed by atoms with Gasteiger partial charge in [-0.05, 0) is 35.7 Å². The molecule has 1 atom stereocenters. The molecule has 1 aromatic heterocycles. The highest BCUT2D eigenvalue weighted by Gasteiger charge is 2.46. The van der Waals surface area contributed by atoms with Crippen molar-refractivity contribution >= 4 is 41.8 Å². The number of hydrogen-bond acceptors (Lipinski definition) is 9. The molecule has 234 valence electrons. The van der Waals surface area contributed by atoms with E-state index in [2.05, 4.69) is 15.6 Å². The minimum atomic E-state index is -0.933. The first-order valence-electron chi connectivity index (χ1n) is 14.7. The van der Waals surface area contributed by atoms with Gasteiger partial charge in [0.2, 0.25) is 5.91 Å². The second kappa shape index (κ2) is 13.4. The van der Waals surface area contributed by atoms with Gasteiger partial charge in [0.25, 0.3) is 0 Å². The largest absolute Gasteiger partial charge is 0.437 e. The van der Waals surface area contributed by atoms with Crippen LogP contribution in [0.1, 0.15) is 40.7 Å². The molecule has 13 heteroatoms. The lowest BCUT2D eigenvalue weighted by atomic mass is 9.83. The number of anilines is 2. The summed E-state index contributed by atoms with van der Waals surface area (Å²) in [6, 6.07) is 4.32. The summed E-state index contributed by atoms with van der Waals surface area (Å²) in [5.74, 6) is 0.174. The van der Waals surface area contributed by atoms with Gasteiger partial charge in [-0.3, -0.25) is 10.1 Å². The van der Waals surface area contributed by atoms with Gasteiger partial charge < -0.3 is 40.5 Å². The molecular weight excluding hydrogens is 566 g/mol. The molecule has 44 heavy (non-hydrogen) atoms. The summed E-state index contributed by atoms with van der Waals surface area (Å²) in [5, 5.41) is 13.4. The number of hydrogen-bond donors (Lipinski definition) is 4. The molecule has 6 rings (SSSR count). The van der Waals surface area contributed by atoms with E-state index in [9.17, 15) is 14.4 Å². The van der Waals surface area contributed by atoms with E-state index in [1.807, 2.05) is 31.2 Å². The lowest BCUT2D eigenvalue weighted by Gasteiger charge is -2.44. The van der Waals surface area contributed by atoms with E-state index in [-0.39, 0.29) is 18.4 Å². The summed E-state index contributed by atoms with van der Waals surface area (Å²) >= 11 is 0. The quantitative estimate of drug-likeness (QED) is 0.235. The van der Waals surface area contributed by atoms with E-state index in [0.29, 0.717) is 76.0 Å². The highest BCUT2D eigenvalue weighted by molar-refractivity contribution is 5.89. The van der Waals surface area contributed by atoms with Gasteiger partial charge in [-0.1, -0.05) is 18.2 Å². The number of rotatable bonds is 3. The minimum absolute atomic E-state index is 0.210. The first-order valence-corrected chi connectivity index (χ1v) is 14.7. The van der Waals surface area contributed by atoms with Crippen LogP contribution in [0.4, 0.5) is 21.1 Å². The van der Waals surface area contributed by atoms with Gasteiger partial charge in [0.05, 0.1) is 26.4 Å². The second-order valence-electron chi connectivity index (χ2n) is 11.3. The summed E-state index contributed by atoms with van der Waals surface area (Å²) in [4.78, 5) is 47.4. The number of ether oxygens (including phenoxy) is 3. The number of likely N-dealkylation sites (N-methyl/N-ethyl adjacent to an activating group) is 1. The number of nitrogens with zero attached hydrogens (tertiary/aromatic N) is 3.